The maximum atomic E-state index is 11.8. The van der Waals surface area contributed by atoms with E-state index in [4.69, 9.17) is 4.74 Å². The molecule has 0 aliphatic carbocycles. The lowest BCUT2D eigenvalue weighted by Gasteiger charge is -2.28. The lowest BCUT2D eigenvalue weighted by Crippen LogP contribution is -2.30. The zero-order valence-electron chi connectivity index (χ0n) is 10.7. The van der Waals surface area contributed by atoms with Crippen LogP contribution < -0.4 is 5.32 Å². The summed E-state index contributed by atoms with van der Waals surface area (Å²) in [5.74, 6) is 0.579. The lowest BCUT2D eigenvalue weighted by molar-refractivity contribution is -0.142. The number of hydrogen-bond donors (Lipinski definition) is 1. The SMILES string of the molecule is COC(=O)[C@@H]1C[C@H](C)Nc2c1cnn2C(C)C. The van der Waals surface area contributed by atoms with E-state index in [0.29, 0.717) is 0 Å². The van der Waals surface area contributed by atoms with Gasteiger partial charge in [-0.25, -0.2) is 4.68 Å². The average molecular weight is 237 g/mol. The summed E-state index contributed by atoms with van der Waals surface area (Å²) < 4.78 is 6.78. The molecule has 2 atom stereocenters. The van der Waals surface area contributed by atoms with Gasteiger partial charge in [0.1, 0.15) is 5.82 Å². The van der Waals surface area contributed by atoms with Crippen LogP contribution in [0.3, 0.4) is 0 Å². The third-order valence-electron chi connectivity index (χ3n) is 3.15. The van der Waals surface area contributed by atoms with Gasteiger partial charge in [-0.2, -0.15) is 5.10 Å². The van der Waals surface area contributed by atoms with Gasteiger partial charge < -0.3 is 10.1 Å². The molecule has 1 aromatic rings. The maximum absolute atomic E-state index is 11.8. The Morgan fingerprint density at radius 3 is 2.94 bits per heavy atom. The minimum absolute atomic E-state index is 0.178. The van der Waals surface area contributed by atoms with Crippen LogP contribution >= 0.6 is 0 Å². The summed E-state index contributed by atoms with van der Waals surface area (Å²) in [5, 5.41) is 7.74. The van der Waals surface area contributed by atoms with Gasteiger partial charge in [-0.05, 0) is 27.2 Å². The van der Waals surface area contributed by atoms with Crippen LogP contribution in [0.5, 0.6) is 0 Å². The molecular formula is C12H19N3O2. The third kappa shape index (κ3) is 2.01. The smallest absolute Gasteiger partial charge is 0.313 e. The summed E-state index contributed by atoms with van der Waals surface area (Å²) in [6, 6.07) is 0.524. The Morgan fingerprint density at radius 2 is 2.35 bits per heavy atom. The van der Waals surface area contributed by atoms with E-state index in [1.54, 1.807) is 6.20 Å². The number of hydrogen-bond acceptors (Lipinski definition) is 4. The first-order valence-electron chi connectivity index (χ1n) is 5.96. The van der Waals surface area contributed by atoms with Gasteiger partial charge in [0.2, 0.25) is 0 Å². The van der Waals surface area contributed by atoms with Gasteiger partial charge in [0.25, 0.3) is 0 Å². The van der Waals surface area contributed by atoms with Gasteiger partial charge in [0, 0.05) is 17.6 Å². The number of aromatic nitrogens is 2. The fourth-order valence-electron chi connectivity index (χ4n) is 2.31. The molecule has 0 bridgehead atoms. The molecule has 5 nitrogen and oxygen atoms in total. The van der Waals surface area contributed by atoms with Crippen LogP contribution in [0, 0.1) is 0 Å². The van der Waals surface area contributed by atoms with Crippen molar-refractivity contribution in [2.45, 2.75) is 45.2 Å². The van der Waals surface area contributed by atoms with Crippen LogP contribution in [-0.4, -0.2) is 28.9 Å². The van der Waals surface area contributed by atoms with Crippen LogP contribution in [0.25, 0.3) is 0 Å². The van der Waals surface area contributed by atoms with E-state index in [9.17, 15) is 4.79 Å². The Balaban J connectivity index is 2.41. The van der Waals surface area contributed by atoms with E-state index in [-0.39, 0.29) is 24.0 Å². The first kappa shape index (κ1) is 12.0. The minimum atomic E-state index is -0.196. The molecule has 0 saturated heterocycles. The number of methoxy groups -OCH3 is 1. The Labute approximate surface area is 101 Å². The largest absolute Gasteiger partial charge is 0.469 e. The standard InChI is InChI=1S/C12H19N3O2/c1-7(2)15-11-10(6-13-15)9(12(16)17-4)5-8(3)14-11/h6-9,14H,5H2,1-4H3/t8-,9+/m0/s1. The van der Waals surface area contributed by atoms with Gasteiger partial charge in [0.15, 0.2) is 0 Å². The number of carbonyl (C=O) groups excluding carboxylic acids is 1. The van der Waals surface area contributed by atoms with Crippen LogP contribution in [0.4, 0.5) is 5.82 Å². The number of ether oxygens (including phenoxy) is 1. The van der Waals surface area contributed by atoms with Gasteiger partial charge in [0.05, 0.1) is 19.2 Å². The number of nitrogens with one attached hydrogen (secondary N) is 1. The summed E-state index contributed by atoms with van der Waals surface area (Å²) in [6.45, 7) is 6.21. The zero-order chi connectivity index (χ0) is 12.6. The molecule has 94 valence electrons. The van der Waals surface area contributed by atoms with Gasteiger partial charge in [-0.1, -0.05) is 0 Å². The highest BCUT2D eigenvalue weighted by atomic mass is 16.5. The molecule has 0 aromatic carbocycles. The molecule has 5 heteroatoms. The second-order valence-electron chi connectivity index (χ2n) is 4.84. The Bertz CT molecular complexity index is 425. The Morgan fingerprint density at radius 1 is 1.65 bits per heavy atom. The molecule has 1 aliphatic rings. The van der Waals surface area contributed by atoms with Crippen LogP contribution in [0.2, 0.25) is 0 Å². The average Bonchev–Trinajstić information content (AvgIpc) is 2.70. The van der Waals surface area contributed by atoms with Gasteiger partial charge in [-0.15, -0.1) is 0 Å². The number of rotatable bonds is 2. The topological polar surface area (TPSA) is 56.1 Å². The van der Waals surface area contributed by atoms with Crippen molar-refractivity contribution in [1.82, 2.24) is 9.78 Å². The van der Waals surface area contributed by atoms with Gasteiger partial charge in [-0.3, -0.25) is 4.79 Å². The Kier molecular flexibility index (Phi) is 3.09. The van der Waals surface area contributed by atoms with Crippen molar-refractivity contribution < 1.29 is 9.53 Å². The molecular weight excluding hydrogens is 218 g/mol. The van der Waals surface area contributed by atoms with Crippen molar-refractivity contribution in [2.75, 3.05) is 12.4 Å². The normalized spacial score (nSPS) is 23.1. The highest BCUT2D eigenvalue weighted by Crippen LogP contribution is 2.36. The van der Waals surface area contributed by atoms with Crippen molar-refractivity contribution in [3.63, 3.8) is 0 Å². The van der Waals surface area contributed by atoms with Crippen molar-refractivity contribution >= 4 is 11.8 Å². The zero-order valence-corrected chi connectivity index (χ0v) is 10.7. The molecule has 1 aromatic heterocycles. The first-order chi connectivity index (χ1) is 8.04. The second kappa shape index (κ2) is 4.39. The molecule has 0 radical (unpaired) electrons. The van der Waals surface area contributed by atoms with Crippen LogP contribution in [-0.2, 0) is 9.53 Å². The van der Waals surface area contributed by atoms with Crippen molar-refractivity contribution in [2.24, 2.45) is 0 Å². The predicted molar refractivity (Wildman–Crippen MR) is 65.1 cm³/mol. The first-order valence-corrected chi connectivity index (χ1v) is 5.96. The van der Waals surface area contributed by atoms with Crippen LogP contribution in [0.15, 0.2) is 6.20 Å². The van der Waals surface area contributed by atoms with E-state index >= 15 is 0 Å². The maximum Gasteiger partial charge on any atom is 0.313 e. The van der Waals surface area contributed by atoms with Gasteiger partial charge >= 0.3 is 5.97 Å². The molecule has 17 heavy (non-hydrogen) atoms. The number of nitrogens with zero attached hydrogens (tertiary/aromatic N) is 2. The molecule has 0 saturated carbocycles. The quantitative estimate of drug-likeness (QED) is 0.798. The van der Waals surface area contributed by atoms with Crippen molar-refractivity contribution in [1.29, 1.82) is 0 Å². The summed E-state index contributed by atoms with van der Waals surface area (Å²) in [4.78, 5) is 11.8. The molecule has 1 N–H and O–H groups in total. The molecule has 2 heterocycles. The molecule has 0 fully saturated rings. The Hall–Kier alpha value is -1.52. The summed E-state index contributed by atoms with van der Waals surface area (Å²) in [5.41, 5.74) is 0.948. The monoisotopic (exact) mass is 237 g/mol. The highest BCUT2D eigenvalue weighted by Gasteiger charge is 2.33. The van der Waals surface area contributed by atoms with E-state index in [0.717, 1.165) is 17.8 Å². The molecule has 2 rings (SSSR count). The minimum Gasteiger partial charge on any atom is -0.469 e. The highest BCUT2D eigenvalue weighted by molar-refractivity contribution is 5.81. The molecule has 1 aliphatic heterocycles. The summed E-state index contributed by atoms with van der Waals surface area (Å²) in [7, 11) is 1.43. The van der Waals surface area contributed by atoms with E-state index in [1.807, 2.05) is 4.68 Å². The summed E-state index contributed by atoms with van der Waals surface area (Å²) in [6.07, 6.45) is 2.53. The van der Waals surface area contributed by atoms with Crippen molar-refractivity contribution in [3.05, 3.63) is 11.8 Å². The van der Waals surface area contributed by atoms with E-state index < -0.39 is 0 Å². The molecule has 0 amide bonds. The lowest BCUT2D eigenvalue weighted by atomic mass is 9.91. The van der Waals surface area contributed by atoms with Crippen LogP contribution in [0.1, 0.15) is 44.7 Å². The number of carbonyl (C=O) groups is 1. The molecule has 0 spiro atoms. The predicted octanol–water partition coefficient (Wildman–Crippen LogP) is 1.92. The van der Waals surface area contributed by atoms with E-state index in [2.05, 4.69) is 31.2 Å². The van der Waals surface area contributed by atoms with E-state index in [1.165, 1.54) is 7.11 Å². The number of fused-ring (bicyclic) bond motifs is 1. The number of esters is 1. The fraction of sp³-hybridized carbons (Fsp3) is 0.667. The third-order valence-corrected chi connectivity index (χ3v) is 3.15. The summed E-state index contributed by atoms with van der Waals surface area (Å²) >= 11 is 0. The van der Waals surface area contributed by atoms with Crippen molar-refractivity contribution in [3.8, 4) is 0 Å². The second-order valence-corrected chi connectivity index (χ2v) is 4.84. The molecule has 0 unspecified atom stereocenters. The number of anilines is 1. The fourth-order valence-corrected chi connectivity index (χ4v) is 2.31.